The van der Waals surface area contributed by atoms with Crippen molar-refractivity contribution in [3.8, 4) is 0 Å². The first kappa shape index (κ1) is 9.93. The van der Waals surface area contributed by atoms with Gasteiger partial charge >= 0.3 is 0 Å². The lowest BCUT2D eigenvalue weighted by Crippen LogP contribution is -2.06. The lowest BCUT2D eigenvalue weighted by atomic mass is 9.95. The van der Waals surface area contributed by atoms with Crippen molar-refractivity contribution in [2.45, 2.75) is 18.9 Å². The fourth-order valence-corrected chi connectivity index (χ4v) is 1.56. The molecule has 0 radical (unpaired) electrons. The first-order valence-electron chi connectivity index (χ1n) is 4.90. The summed E-state index contributed by atoms with van der Waals surface area (Å²) in [5, 5.41) is 10.0. The molecule has 0 amide bonds. The zero-order valence-corrected chi connectivity index (χ0v) is 8.50. The van der Waals surface area contributed by atoms with E-state index in [1.807, 2.05) is 19.1 Å². The van der Waals surface area contributed by atoms with Gasteiger partial charge in [-0.15, -0.1) is 0 Å². The molecule has 0 aromatic carbocycles. The molecule has 2 unspecified atom stereocenters. The Hall–Kier alpha value is -1.61. The van der Waals surface area contributed by atoms with Gasteiger partial charge in [0, 0.05) is 18.3 Å². The van der Waals surface area contributed by atoms with Crippen LogP contribution in [0.15, 0.2) is 47.3 Å². The highest BCUT2D eigenvalue weighted by atomic mass is 16.4. The first-order valence-corrected chi connectivity index (χ1v) is 4.90. The number of nitrogens with zero attached hydrogens (tertiary/aromatic N) is 1. The molecule has 0 bridgehead atoms. The second-order valence-electron chi connectivity index (χ2n) is 3.53. The van der Waals surface area contributed by atoms with Crippen molar-refractivity contribution in [2.75, 3.05) is 0 Å². The fraction of sp³-hybridized carbons (Fsp3) is 0.250. The first-order chi connectivity index (χ1) is 7.29. The summed E-state index contributed by atoms with van der Waals surface area (Å²) in [6.07, 6.45) is 4.40. The van der Waals surface area contributed by atoms with Crippen LogP contribution in [0.25, 0.3) is 0 Å². The Morgan fingerprint density at radius 3 is 2.60 bits per heavy atom. The quantitative estimate of drug-likeness (QED) is 0.833. The van der Waals surface area contributed by atoms with Crippen LogP contribution in [0, 0.1) is 0 Å². The molecule has 3 nitrogen and oxygen atoms in total. The highest BCUT2D eigenvalue weighted by Crippen LogP contribution is 2.29. The standard InChI is InChI=1S/C12H13NO2/c1-9(10-4-6-13-7-5-10)12(14)11-3-2-8-15-11/h2-9,12,14H,1H3. The Kier molecular flexibility index (Phi) is 2.83. The van der Waals surface area contributed by atoms with Gasteiger partial charge in [0.05, 0.1) is 6.26 Å². The molecule has 0 saturated heterocycles. The molecule has 1 N–H and O–H groups in total. The van der Waals surface area contributed by atoms with E-state index in [2.05, 4.69) is 4.98 Å². The monoisotopic (exact) mass is 203 g/mol. The molecule has 3 heteroatoms. The minimum absolute atomic E-state index is 0.000787. The van der Waals surface area contributed by atoms with E-state index < -0.39 is 6.10 Å². The highest BCUT2D eigenvalue weighted by molar-refractivity contribution is 5.19. The van der Waals surface area contributed by atoms with Crippen LogP contribution < -0.4 is 0 Å². The molecule has 2 aromatic heterocycles. The molecule has 2 rings (SSSR count). The van der Waals surface area contributed by atoms with Crippen LogP contribution in [0.3, 0.4) is 0 Å². The van der Waals surface area contributed by atoms with Gasteiger partial charge in [-0.05, 0) is 29.8 Å². The lowest BCUT2D eigenvalue weighted by molar-refractivity contribution is 0.125. The van der Waals surface area contributed by atoms with Crippen molar-refractivity contribution in [2.24, 2.45) is 0 Å². The van der Waals surface area contributed by atoms with Crippen LogP contribution in [0.2, 0.25) is 0 Å². The maximum Gasteiger partial charge on any atom is 0.132 e. The third-order valence-electron chi connectivity index (χ3n) is 2.54. The molecule has 0 spiro atoms. The van der Waals surface area contributed by atoms with E-state index in [9.17, 15) is 5.11 Å². The average Bonchev–Trinajstić information content (AvgIpc) is 2.82. The zero-order valence-electron chi connectivity index (χ0n) is 8.50. The summed E-state index contributed by atoms with van der Waals surface area (Å²) in [6.45, 7) is 1.96. The Morgan fingerprint density at radius 1 is 1.27 bits per heavy atom. The molecule has 0 aliphatic heterocycles. The molecule has 15 heavy (non-hydrogen) atoms. The van der Waals surface area contributed by atoms with Crippen molar-refractivity contribution in [1.82, 2.24) is 4.98 Å². The molecule has 0 aliphatic carbocycles. The van der Waals surface area contributed by atoms with Crippen LogP contribution in [0.1, 0.15) is 30.3 Å². The second-order valence-corrected chi connectivity index (χ2v) is 3.53. The molecule has 0 fully saturated rings. The summed E-state index contributed by atoms with van der Waals surface area (Å²) < 4.78 is 5.17. The van der Waals surface area contributed by atoms with Gasteiger partial charge in [-0.3, -0.25) is 4.98 Å². The zero-order chi connectivity index (χ0) is 10.7. The number of hydrogen-bond donors (Lipinski definition) is 1. The smallest absolute Gasteiger partial charge is 0.132 e. The average molecular weight is 203 g/mol. The Morgan fingerprint density at radius 2 is 2.00 bits per heavy atom. The van der Waals surface area contributed by atoms with E-state index in [-0.39, 0.29) is 5.92 Å². The third kappa shape index (κ3) is 2.07. The van der Waals surface area contributed by atoms with Crippen LogP contribution in [-0.4, -0.2) is 10.1 Å². The van der Waals surface area contributed by atoms with E-state index in [1.165, 1.54) is 0 Å². The van der Waals surface area contributed by atoms with E-state index in [0.717, 1.165) is 5.56 Å². The SMILES string of the molecule is CC(c1ccncc1)C(O)c1ccco1. The van der Waals surface area contributed by atoms with Crippen molar-refractivity contribution >= 4 is 0 Å². The van der Waals surface area contributed by atoms with E-state index in [0.29, 0.717) is 5.76 Å². The summed E-state index contributed by atoms with van der Waals surface area (Å²) in [4.78, 5) is 3.94. The number of rotatable bonds is 3. The molecule has 2 atom stereocenters. The van der Waals surface area contributed by atoms with Crippen molar-refractivity contribution in [3.05, 3.63) is 54.2 Å². The maximum absolute atomic E-state index is 10.0. The number of aliphatic hydroxyl groups excluding tert-OH is 1. The molecule has 0 saturated carbocycles. The third-order valence-corrected chi connectivity index (χ3v) is 2.54. The fourth-order valence-electron chi connectivity index (χ4n) is 1.56. The summed E-state index contributed by atoms with van der Waals surface area (Å²) in [6, 6.07) is 7.35. The second kappa shape index (κ2) is 4.28. The lowest BCUT2D eigenvalue weighted by Gasteiger charge is -2.16. The van der Waals surface area contributed by atoms with E-state index in [4.69, 9.17) is 4.42 Å². The molecule has 78 valence electrons. The minimum atomic E-state index is -0.609. The van der Waals surface area contributed by atoms with Crippen molar-refractivity contribution in [3.63, 3.8) is 0 Å². The van der Waals surface area contributed by atoms with Crippen LogP contribution >= 0.6 is 0 Å². The summed E-state index contributed by atoms with van der Waals surface area (Å²) >= 11 is 0. The van der Waals surface area contributed by atoms with Gasteiger partial charge in [0.15, 0.2) is 0 Å². The number of aliphatic hydroxyl groups is 1. The van der Waals surface area contributed by atoms with E-state index >= 15 is 0 Å². The molecule has 2 heterocycles. The van der Waals surface area contributed by atoms with Crippen LogP contribution in [0.4, 0.5) is 0 Å². The molecular weight excluding hydrogens is 190 g/mol. The van der Waals surface area contributed by atoms with Gasteiger partial charge in [-0.25, -0.2) is 0 Å². The van der Waals surface area contributed by atoms with Gasteiger partial charge in [0.25, 0.3) is 0 Å². The Balaban J connectivity index is 2.18. The topological polar surface area (TPSA) is 46.3 Å². The molecular formula is C12H13NO2. The predicted molar refractivity (Wildman–Crippen MR) is 56.3 cm³/mol. The number of furan rings is 1. The minimum Gasteiger partial charge on any atom is -0.467 e. The van der Waals surface area contributed by atoms with Crippen LogP contribution in [-0.2, 0) is 0 Å². The van der Waals surface area contributed by atoms with E-state index in [1.54, 1.807) is 30.8 Å². The molecule has 2 aromatic rings. The normalized spacial score (nSPS) is 14.8. The number of aromatic nitrogens is 1. The molecule has 0 aliphatic rings. The van der Waals surface area contributed by atoms with Gasteiger partial charge in [0.2, 0.25) is 0 Å². The maximum atomic E-state index is 10.0. The summed E-state index contributed by atoms with van der Waals surface area (Å²) in [7, 11) is 0. The van der Waals surface area contributed by atoms with Gasteiger partial charge in [-0.2, -0.15) is 0 Å². The van der Waals surface area contributed by atoms with Gasteiger partial charge in [0.1, 0.15) is 11.9 Å². The largest absolute Gasteiger partial charge is 0.467 e. The van der Waals surface area contributed by atoms with Crippen molar-refractivity contribution in [1.29, 1.82) is 0 Å². The van der Waals surface area contributed by atoms with Crippen molar-refractivity contribution < 1.29 is 9.52 Å². The highest BCUT2D eigenvalue weighted by Gasteiger charge is 2.20. The Bertz CT molecular complexity index is 397. The number of hydrogen-bond acceptors (Lipinski definition) is 3. The number of pyridine rings is 1. The van der Waals surface area contributed by atoms with Crippen LogP contribution in [0.5, 0.6) is 0 Å². The summed E-state index contributed by atoms with van der Waals surface area (Å²) in [5.41, 5.74) is 1.05. The van der Waals surface area contributed by atoms with Gasteiger partial charge < -0.3 is 9.52 Å². The summed E-state index contributed by atoms with van der Waals surface area (Å²) in [5.74, 6) is 0.596. The van der Waals surface area contributed by atoms with Gasteiger partial charge in [-0.1, -0.05) is 6.92 Å². The predicted octanol–water partition coefficient (Wildman–Crippen LogP) is 2.51. The Labute approximate surface area is 88.4 Å².